The summed E-state index contributed by atoms with van der Waals surface area (Å²) < 4.78 is 0. The lowest BCUT2D eigenvalue weighted by Gasteiger charge is -2.01. The molecule has 5 rings (SSSR count). The monoisotopic (exact) mass is 638 g/mol. The molecule has 0 atom stereocenters. The maximum absolute atomic E-state index is 10.5. The highest BCUT2D eigenvalue weighted by atomic mass is 16.2. The second kappa shape index (κ2) is 28.5. The Morgan fingerprint density at radius 3 is 0.444 bits per heavy atom. The summed E-state index contributed by atoms with van der Waals surface area (Å²) in [5.74, 6) is -0.481. The third kappa shape index (κ3) is 19.6. The summed E-state index contributed by atoms with van der Waals surface area (Å²) in [7, 11) is 6.05. The number of carbonyl (C=O) groups is 8. The van der Waals surface area contributed by atoms with Crippen LogP contribution in [-0.2, 0) is 38.4 Å². The van der Waals surface area contributed by atoms with Gasteiger partial charge in [-0.05, 0) is 0 Å². The van der Waals surface area contributed by atoms with Crippen molar-refractivity contribution >= 4 is 47.3 Å². The van der Waals surface area contributed by atoms with Crippen molar-refractivity contribution in [3.05, 3.63) is 36.4 Å². The van der Waals surface area contributed by atoms with E-state index in [9.17, 15) is 38.4 Å². The van der Waals surface area contributed by atoms with Crippen molar-refractivity contribution in [2.24, 2.45) is 0 Å². The van der Waals surface area contributed by atoms with E-state index in [0.717, 1.165) is 0 Å². The Morgan fingerprint density at radius 2 is 0.400 bits per heavy atom. The molecule has 0 spiro atoms. The number of hydrogen-bond donors (Lipinski definition) is 0. The lowest BCUT2D eigenvalue weighted by Crippen LogP contribution is -2.23. The number of amides is 8. The van der Waals surface area contributed by atoms with E-state index in [1.165, 1.54) is 47.8 Å². The molecule has 1 aromatic carbocycles. The average molecular weight is 639 g/mol. The van der Waals surface area contributed by atoms with Gasteiger partial charge < -0.3 is 0 Å². The van der Waals surface area contributed by atoms with Gasteiger partial charge in [-0.25, -0.2) is 0 Å². The van der Waals surface area contributed by atoms with E-state index in [0.29, 0.717) is 51.4 Å². The molecule has 0 aromatic heterocycles. The Kier molecular flexibility index (Phi) is 32.0. The summed E-state index contributed by atoms with van der Waals surface area (Å²) in [5, 5.41) is 0. The van der Waals surface area contributed by atoms with E-state index in [1.807, 2.05) is 64.1 Å². The largest absolute Gasteiger partial charge is 0.286 e. The second-order valence-electron chi connectivity index (χ2n) is 8.54. The van der Waals surface area contributed by atoms with Crippen molar-refractivity contribution in [1.29, 1.82) is 0 Å². The smallest absolute Gasteiger partial charge is 0.229 e. The van der Waals surface area contributed by atoms with Crippen LogP contribution in [0.4, 0.5) is 0 Å². The van der Waals surface area contributed by atoms with Crippen LogP contribution in [0.1, 0.15) is 101 Å². The van der Waals surface area contributed by atoms with Gasteiger partial charge in [-0.2, -0.15) is 0 Å². The van der Waals surface area contributed by atoms with Crippen molar-refractivity contribution < 1.29 is 38.4 Å². The topological polar surface area (TPSA) is 150 Å². The Hall–Kier alpha value is -4.22. The summed E-state index contributed by atoms with van der Waals surface area (Å²) in [4.78, 5) is 88.6. The van der Waals surface area contributed by atoms with Crippen molar-refractivity contribution in [3.63, 3.8) is 0 Å². The van der Waals surface area contributed by atoms with Crippen molar-refractivity contribution in [2.75, 3.05) is 28.2 Å². The summed E-state index contributed by atoms with van der Waals surface area (Å²) in [5.41, 5.74) is 0. The zero-order valence-corrected chi connectivity index (χ0v) is 26.2. The third-order valence-electron chi connectivity index (χ3n) is 5.87. The maximum Gasteiger partial charge on any atom is 0.229 e. The van der Waals surface area contributed by atoms with Gasteiger partial charge >= 0.3 is 0 Å². The van der Waals surface area contributed by atoms with Crippen LogP contribution in [0.5, 0.6) is 0 Å². The molecule has 258 valence electrons. The van der Waals surface area contributed by atoms with Gasteiger partial charge in [0.2, 0.25) is 47.3 Å². The molecule has 0 aliphatic carbocycles. The number of imide groups is 4. The fourth-order valence-corrected chi connectivity index (χ4v) is 3.14. The lowest BCUT2D eigenvalue weighted by atomic mass is 10.4. The quantitative estimate of drug-likeness (QED) is 0.371. The molecule has 4 aliphatic heterocycles. The maximum atomic E-state index is 10.5. The molecular weight excluding hydrogens is 580 g/mol. The highest BCUT2D eigenvalue weighted by Crippen LogP contribution is 2.09. The first kappa shape index (κ1) is 50.4. The fourth-order valence-electron chi connectivity index (χ4n) is 3.14. The number of benzene rings is 1. The minimum atomic E-state index is -0.0602. The number of nitrogens with zero attached hydrogens (tertiary/aromatic N) is 4. The second-order valence-corrected chi connectivity index (χ2v) is 8.54. The Bertz CT molecular complexity index is 833. The predicted octanol–water partition coefficient (Wildman–Crippen LogP) is 4.71. The molecule has 45 heavy (non-hydrogen) atoms. The number of hydrogen-bond acceptors (Lipinski definition) is 8. The Balaban J connectivity index is -0.000000142. The van der Waals surface area contributed by atoms with Crippen LogP contribution in [0, 0.1) is 0 Å². The molecule has 12 heteroatoms. The molecule has 12 nitrogen and oxygen atoms in total. The molecular formula is C33H58N4O8. The van der Waals surface area contributed by atoms with Gasteiger partial charge in [-0.3, -0.25) is 58.0 Å². The molecule has 1 aromatic rings. The van der Waals surface area contributed by atoms with Crippen LogP contribution in [0.3, 0.4) is 0 Å². The zero-order valence-electron chi connectivity index (χ0n) is 26.2. The molecule has 4 saturated heterocycles. The van der Waals surface area contributed by atoms with E-state index < -0.39 is 0 Å². The van der Waals surface area contributed by atoms with Crippen molar-refractivity contribution in [3.8, 4) is 0 Å². The van der Waals surface area contributed by atoms with E-state index in [2.05, 4.69) is 0 Å². The van der Waals surface area contributed by atoms with Crippen LogP contribution in [0.15, 0.2) is 36.4 Å². The van der Waals surface area contributed by atoms with Gasteiger partial charge in [0.05, 0.1) is 0 Å². The molecule has 4 heterocycles. The van der Waals surface area contributed by atoms with E-state index in [4.69, 9.17) is 0 Å². The number of likely N-dealkylation sites (tertiary alicyclic amines) is 4. The molecule has 0 saturated carbocycles. The molecule has 0 unspecified atom stereocenters. The van der Waals surface area contributed by atoms with Gasteiger partial charge in [0.25, 0.3) is 0 Å². The summed E-state index contributed by atoms with van der Waals surface area (Å²) in [6.07, 6.45) is 3.19. The van der Waals surface area contributed by atoms with E-state index in [1.54, 1.807) is 0 Å². The highest BCUT2D eigenvalue weighted by Gasteiger charge is 2.26. The minimum absolute atomic E-state index is 0. The summed E-state index contributed by atoms with van der Waals surface area (Å²) in [6.45, 7) is 8.00. The van der Waals surface area contributed by atoms with Crippen LogP contribution in [-0.4, -0.2) is 95.0 Å². The van der Waals surface area contributed by atoms with Crippen LogP contribution in [0.25, 0.3) is 0 Å². The summed E-state index contributed by atoms with van der Waals surface area (Å²) >= 11 is 0. The van der Waals surface area contributed by atoms with Crippen LogP contribution < -0.4 is 0 Å². The standard InChI is InChI=1S/C6H6.4C5H7NO2.2C2H6.3CH4/c1-2-4-6-5-3-1;4*1-6-4(7)2-3-5(6)8;2*1-2;;;/h1-6H;4*2-3H2,1H3;2*1-2H3;3*1H4. The number of rotatable bonds is 0. The van der Waals surface area contributed by atoms with Gasteiger partial charge in [0.1, 0.15) is 0 Å². The highest BCUT2D eigenvalue weighted by molar-refractivity contribution is 6.03. The van der Waals surface area contributed by atoms with Crippen LogP contribution >= 0.6 is 0 Å². The number of carbonyl (C=O) groups excluding carboxylic acids is 8. The summed E-state index contributed by atoms with van der Waals surface area (Å²) in [6, 6.07) is 12.0. The van der Waals surface area contributed by atoms with E-state index in [-0.39, 0.29) is 69.5 Å². The van der Waals surface area contributed by atoms with Gasteiger partial charge in [-0.1, -0.05) is 86.4 Å². The molecule has 0 radical (unpaired) electrons. The van der Waals surface area contributed by atoms with Gasteiger partial charge in [-0.15, -0.1) is 0 Å². The van der Waals surface area contributed by atoms with Crippen molar-refractivity contribution in [2.45, 2.75) is 101 Å². The third-order valence-corrected chi connectivity index (χ3v) is 5.87. The zero-order chi connectivity index (χ0) is 32.8. The van der Waals surface area contributed by atoms with Crippen LogP contribution in [0.2, 0.25) is 0 Å². The first-order valence-corrected chi connectivity index (χ1v) is 14.0. The molecule has 4 aliphatic rings. The SMILES string of the molecule is C.C.C.CC.CC.CN1C(=O)CCC1=O.CN1C(=O)CCC1=O.CN1C(=O)CCC1=O.CN1C(=O)CCC1=O.c1ccccc1. The van der Waals surface area contributed by atoms with Crippen molar-refractivity contribution in [1.82, 2.24) is 19.6 Å². The molecule has 8 amide bonds. The average Bonchev–Trinajstić information content (AvgIpc) is 3.70. The van der Waals surface area contributed by atoms with E-state index >= 15 is 0 Å². The molecule has 0 N–H and O–H groups in total. The normalized spacial score (nSPS) is 15.8. The molecule has 4 fully saturated rings. The Labute approximate surface area is 271 Å². The lowest BCUT2D eigenvalue weighted by molar-refractivity contribution is -0.138. The Morgan fingerprint density at radius 1 is 0.311 bits per heavy atom. The fraction of sp³-hybridized carbons (Fsp3) is 0.576. The minimum Gasteiger partial charge on any atom is -0.286 e. The molecule has 0 bridgehead atoms. The first-order valence-electron chi connectivity index (χ1n) is 14.0. The van der Waals surface area contributed by atoms with Gasteiger partial charge in [0.15, 0.2) is 0 Å². The first-order chi connectivity index (χ1) is 19.9. The predicted molar refractivity (Wildman–Crippen MR) is 177 cm³/mol. The van der Waals surface area contributed by atoms with Gasteiger partial charge in [0, 0.05) is 79.6 Å².